The second kappa shape index (κ2) is 8.25. The van der Waals surface area contributed by atoms with Crippen LogP contribution in [-0.4, -0.2) is 60.4 Å². The van der Waals surface area contributed by atoms with Gasteiger partial charge in [0.05, 0.1) is 5.41 Å². The molecule has 8 heteroatoms. The third-order valence-electron chi connectivity index (χ3n) is 5.73. The molecule has 1 saturated carbocycles. The number of aromatic nitrogens is 2. The molecule has 0 unspecified atom stereocenters. The van der Waals surface area contributed by atoms with Gasteiger partial charge in [0, 0.05) is 63.0 Å². The van der Waals surface area contributed by atoms with Crippen LogP contribution in [0, 0.1) is 11.3 Å². The second-order valence-electron chi connectivity index (χ2n) is 7.54. The molecule has 3 heterocycles. The maximum absolute atomic E-state index is 12.7. The monoisotopic (exact) mass is 389 g/mol. The molecule has 1 amide bonds. The summed E-state index contributed by atoms with van der Waals surface area (Å²) >= 11 is 0. The van der Waals surface area contributed by atoms with E-state index in [-0.39, 0.29) is 36.1 Å². The molecule has 3 fully saturated rings. The quantitative estimate of drug-likeness (QED) is 0.718. The molecule has 0 radical (unpaired) electrons. The predicted molar refractivity (Wildman–Crippen MR) is 103 cm³/mol. The van der Waals surface area contributed by atoms with Gasteiger partial charge in [-0.2, -0.15) is 5.10 Å². The molecule has 1 aromatic heterocycles. The Morgan fingerprint density at radius 1 is 1.44 bits per heavy atom. The fourth-order valence-corrected chi connectivity index (χ4v) is 4.36. The summed E-state index contributed by atoms with van der Waals surface area (Å²) in [7, 11) is 2.12. The lowest BCUT2D eigenvalue weighted by Gasteiger charge is -2.26. The van der Waals surface area contributed by atoms with Gasteiger partial charge >= 0.3 is 0 Å². The van der Waals surface area contributed by atoms with Gasteiger partial charge in [-0.3, -0.25) is 9.48 Å². The largest absolute Gasteiger partial charge is 0.355 e. The minimum absolute atomic E-state index is 0. The molecule has 25 heavy (non-hydrogen) atoms. The Hall–Kier alpha value is -0.820. The molecule has 4 rings (SSSR count). The molecule has 2 aliphatic heterocycles. The van der Waals surface area contributed by atoms with Crippen LogP contribution in [0.3, 0.4) is 0 Å². The zero-order valence-electron chi connectivity index (χ0n) is 14.7. The van der Waals surface area contributed by atoms with Crippen molar-refractivity contribution in [3.63, 3.8) is 0 Å². The zero-order chi connectivity index (χ0) is 15.9. The van der Waals surface area contributed by atoms with Crippen molar-refractivity contribution in [3.05, 3.63) is 18.0 Å². The van der Waals surface area contributed by atoms with Crippen LogP contribution in [0.5, 0.6) is 0 Å². The van der Waals surface area contributed by atoms with E-state index in [1.54, 1.807) is 0 Å². The topological polar surface area (TPSA) is 62.2 Å². The van der Waals surface area contributed by atoms with E-state index < -0.39 is 0 Å². The summed E-state index contributed by atoms with van der Waals surface area (Å²) in [5.41, 5.74) is 1.16. The Kier molecular flexibility index (Phi) is 6.76. The third-order valence-corrected chi connectivity index (χ3v) is 5.73. The van der Waals surface area contributed by atoms with Crippen molar-refractivity contribution in [3.8, 4) is 0 Å². The maximum atomic E-state index is 12.7. The van der Waals surface area contributed by atoms with Gasteiger partial charge in [0.2, 0.25) is 5.91 Å². The van der Waals surface area contributed by atoms with E-state index in [0.29, 0.717) is 5.92 Å². The highest BCUT2D eigenvalue weighted by molar-refractivity contribution is 5.85. The van der Waals surface area contributed by atoms with Gasteiger partial charge in [0.25, 0.3) is 0 Å². The number of rotatable bonds is 6. The first kappa shape index (κ1) is 20.5. The second-order valence-corrected chi connectivity index (χ2v) is 7.54. The molecule has 0 aromatic carbocycles. The maximum Gasteiger partial charge on any atom is 0.229 e. The SMILES string of the molecule is CN1C[C@H]2CNC[C@@]2(C(=O)NCCCn2nccc2C2CC2)C1.Cl.Cl. The summed E-state index contributed by atoms with van der Waals surface area (Å²) < 4.78 is 2.12. The summed E-state index contributed by atoms with van der Waals surface area (Å²) in [6.45, 7) is 5.32. The Labute approximate surface area is 161 Å². The fourth-order valence-electron chi connectivity index (χ4n) is 4.36. The number of aryl methyl sites for hydroxylation is 1. The Morgan fingerprint density at radius 3 is 3.00 bits per heavy atom. The highest BCUT2D eigenvalue weighted by Crippen LogP contribution is 2.40. The summed E-state index contributed by atoms with van der Waals surface area (Å²) in [4.78, 5) is 15.0. The minimum atomic E-state index is -0.209. The van der Waals surface area contributed by atoms with Crippen LogP contribution in [0.25, 0.3) is 0 Å². The number of fused-ring (bicyclic) bond motifs is 1. The van der Waals surface area contributed by atoms with Crippen molar-refractivity contribution in [2.45, 2.75) is 31.7 Å². The number of halogens is 2. The molecule has 0 spiro atoms. The lowest BCUT2D eigenvalue weighted by Crippen LogP contribution is -2.47. The predicted octanol–water partition coefficient (Wildman–Crippen LogP) is 1.26. The average molecular weight is 390 g/mol. The van der Waals surface area contributed by atoms with Crippen molar-refractivity contribution in [1.29, 1.82) is 0 Å². The van der Waals surface area contributed by atoms with Crippen molar-refractivity contribution in [1.82, 2.24) is 25.3 Å². The zero-order valence-corrected chi connectivity index (χ0v) is 16.4. The lowest BCUT2D eigenvalue weighted by atomic mass is 9.80. The number of nitrogens with zero attached hydrogens (tertiary/aromatic N) is 3. The van der Waals surface area contributed by atoms with Gasteiger partial charge in [0.15, 0.2) is 0 Å². The minimum Gasteiger partial charge on any atom is -0.355 e. The summed E-state index contributed by atoms with van der Waals surface area (Å²) in [6, 6.07) is 2.14. The molecule has 2 atom stereocenters. The fraction of sp³-hybridized carbons (Fsp3) is 0.765. The highest BCUT2D eigenvalue weighted by Gasteiger charge is 2.53. The van der Waals surface area contributed by atoms with E-state index in [2.05, 4.69) is 38.4 Å². The van der Waals surface area contributed by atoms with Gasteiger partial charge in [-0.05, 0) is 32.4 Å². The van der Waals surface area contributed by atoms with Crippen LogP contribution in [-0.2, 0) is 11.3 Å². The van der Waals surface area contributed by atoms with E-state index in [4.69, 9.17) is 0 Å². The Balaban J connectivity index is 0.00000113. The number of carbonyl (C=O) groups excluding carboxylic acids is 1. The van der Waals surface area contributed by atoms with E-state index >= 15 is 0 Å². The van der Waals surface area contributed by atoms with Gasteiger partial charge in [-0.25, -0.2) is 0 Å². The average Bonchev–Trinajstić information content (AvgIpc) is 2.98. The molecule has 1 aliphatic carbocycles. The number of hydrogen-bond acceptors (Lipinski definition) is 4. The summed E-state index contributed by atoms with van der Waals surface area (Å²) in [5.74, 6) is 1.42. The number of nitrogens with one attached hydrogen (secondary N) is 2. The standard InChI is InChI=1S/C17H27N5O.2ClH/c1-21-10-14-9-18-11-17(14,12-21)16(23)19-6-2-8-22-15(5-7-20-22)13-3-4-13;;/h5,7,13-14,18H,2-4,6,8-12H2,1H3,(H,19,23);2*1H/t14-,17-;;/m1../s1. The summed E-state index contributed by atoms with van der Waals surface area (Å²) in [5, 5.41) is 11.0. The normalized spacial score (nSPS) is 28.1. The van der Waals surface area contributed by atoms with E-state index in [1.807, 2.05) is 6.20 Å². The number of hydrogen-bond donors (Lipinski definition) is 2. The molecule has 2 N–H and O–H groups in total. The molecule has 1 aromatic rings. The van der Waals surface area contributed by atoms with Crippen LogP contribution in [0.2, 0.25) is 0 Å². The molecule has 142 valence electrons. The molecule has 6 nitrogen and oxygen atoms in total. The van der Waals surface area contributed by atoms with E-state index in [0.717, 1.165) is 51.6 Å². The third kappa shape index (κ3) is 3.97. The van der Waals surface area contributed by atoms with Crippen LogP contribution in [0.15, 0.2) is 12.3 Å². The van der Waals surface area contributed by atoms with Crippen LogP contribution in [0.1, 0.15) is 30.9 Å². The van der Waals surface area contributed by atoms with Crippen molar-refractivity contribution in [2.75, 3.05) is 39.8 Å². The van der Waals surface area contributed by atoms with Gasteiger partial charge < -0.3 is 15.5 Å². The molecule has 2 saturated heterocycles. The molecule has 0 bridgehead atoms. The number of carbonyl (C=O) groups is 1. The van der Waals surface area contributed by atoms with Gasteiger partial charge in [0.1, 0.15) is 0 Å². The van der Waals surface area contributed by atoms with E-state index in [9.17, 15) is 4.79 Å². The summed E-state index contributed by atoms with van der Waals surface area (Å²) in [6.07, 6.45) is 5.44. The lowest BCUT2D eigenvalue weighted by molar-refractivity contribution is -0.130. The first-order chi connectivity index (χ1) is 11.2. The number of likely N-dealkylation sites (tertiary alicyclic amines) is 1. The Bertz CT molecular complexity index is 591. The van der Waals surface area contributed by atoms with Crippen LogP contribution < -0.4 is 10.6 Å². The molecule has 3 aliphatic rings. The molecular weight excluding hydrogens is 361 g/mol. The van der Waals surface area contributed by atoms with Gasteiger partial charge in [-0.1, -0.05) is 0 Å². The number of amides is 1. The van der Waals surface area contributed by atoms with E-state index in [1.165, 1.54) is 18.5 Å². The molecular formula is C17H29Cl2N5O. The van der Waals surface area contributed by atoms with Crippen LogP contribution in [0.4, 0.5) is 0 Å². The highest BCUT2D eigenvalue weighted by atomic mass is 35.5. The first-order valence-electron chi connectivity index (χ1n) is 8.88. The van der Waals surface area contributed by atoms with Crippen molar-refractivity contribution >= 4 is 30.7 Å². The Morgan fingerprint density at radius 2 is 2.24 bits per heavy atom. The van der Waals surface area contributed by atoms with Crippen molar-refractivity contribution < 1.29 is 4.79 Å². The van der Waals surface area contributed by atoms with Gasteiger partial charge in [-0.15, -0.1) is 24.8 Å². The smallest absolute Gasteiger partial charge is 0.229 e. The first-order valence-corrected chi connectivity index (χ1v) is 8.88. The van der Waals surface area contributed by atoms with Crippen molar-refractivity contribution in [2.24, 2.45) is 11.3 Å². The van der Waals surface area contributed by atoms with Crippen LogP contribution >= 0.6 is 24.8 Å².